The molecule has 0 aromatic heterocycles. The van der Waals surface area contributed by atoms with E-state index in [1.54, 1.807) is 0 Å². The molecule has 0 aliphatic carbocycles. The Bertz CT molecular complexity index is 584. The molecule has 1 aromatic carbocycles. The zero-order valence-electron chi connectivity index (χ0n) is 11.6. The molecule has 0 spiro atoms. The summed E-state index contributed by atoms with van der Waals surface area (Å²) in [5.41, 5.74) is 1.01. The molecule has 0 N–H and O–H groups in total. The maximum atomic E-state index is 12.0. The van der Waals surface area contributed by atoms with Crippen LogP contribution in [0.2, 0.25) is 0 Å². The van der Waals surface area contributed by atoms with Gasteiger partial charge in [-0.3, -0.25) is 14.5 Å². The normalized spacial score (nSPS) is 16.6. The predicted molar refractivity (Wildman–Crippen MR) is 88.0 cm³/mol. The molecule has 0 atom stereocenters. The van der Waals surface area contributed by atoms with Gasteiger partial charge in [0.05, 0.1) is 12.0 Å². The number of methoxy groups -OCH3 is 1. The number of hydrogen-bond donors (Lipinski definition) is 0. The third-order valence-corrected chi connectivity index (χ3v) is 4.46. The summed E-state index contributed by atoms with van der Waals surface area (Å²) in [6.45, 7) is 0.436. The maximum absolute atomic E-state index is 12.0. The van der Waals surface area contributed by atoms with Crippen molar-refractivity contribution in [3.05, 3.63) is 40.8 Å². The molecule has 1 aliphatic heterocycles. The van der Waals surface area contributed by atoms with Crippen LogP contribution < -0.4 is 0 Å². The molecule has 110 valence electrons. The first-order valence-electron chi connectivity index (χ1n) is 6.49. The van der Waals surface area contributed by atoms with Gasteiger partial charge in [0.2, 0.25) is 0 Å². The molecule has 0 saturated carbocycles. The van der Waals surface area contributed by atoms with E-state index in [0.717, 1.165) is 22.2 Å². The smallest absolute Gasteiger partial charge is 0.305 e. The first-order valence-corrected chi connectivity index (χ1v) is 7.71. The molecule has 6 heteroatoms. The van der Waals surface area contributed by atoms with Crippen LogP contribution in [-0.2, 0) is 9.53 Å². The fraction of sp³-hybridized carbons (Fsp3) is 0.267. The number of ether oxygens (including phenoxy) is 1. The lowest BCUT2D eigenvalue weighted by Crippen LogP contribution is -2.28. The van der Waals surface area contributed by atoms with Gasteiger partial charge in [0, 0.05) is 13.0 Å². The van der Waals surface area contributed by atoms with Crippen LogP contribution >= 0.6 is 24.0 Å². The van der Waals surface area contributed by atoms with E-state index in [-0.39, 0.29) is 17.6 Å². The summed E-state index contributed by atoms with van der Waals surface area (Å²) in [5.74, 6) is -0.278. The predicted octanol–water partition coefficient (Wildman–Crippen LogP) is 3.48. The average molecular weight is 321 g/mol. The van der Waals surface area contributed by atoms with Gasteiger partial charge >= 0.3 is 5.97 Å². The highest BCUT2D eigenvalue weighted by Gasteiger charge is 2.31. The number of thioether (sulfide) groups is 1. The third kappa shape index (κ3) is 4.15. The van der Waals surface area contributed by atoms with Gasteiger partial charge in [0.15, 0.2) is 0 Å². The first-order chi connectivity index (χ1) is 10.1. The van der Waals surface area contributed by atoms with Crippen molar-refractivity contribution in [2.45, 2.75) is 12.8 Å². The van der Waals surface area contributed by atoms with Gasteiger partial charge in [-0.15, -0.1) is 0 Å². The van der Waals surface area contributed by atoms with E-state index in [1.165, 1.54) is 12.0 Å². The molecular weight excluding hydrogens is 306 g/mol. The number of benzene rings is 1. The Hall–Kier alpha value is -1.66. The zero-order valence-corrected chi connectivity index (χ0v) is 13.2. The standard InChI is InChI=1S/C15H15NO3S2/c1-19-13(17)8-5-9-16-14(20)12(21-15(16)18)10-11-6-3-2-4-7-11/h2-4,6-7,10H,5,8-9H2,1H3/b12-10+. The van der Waals surface area contributed by atoms with E-state index in [1.807, 2.05) is 36.4 Å². The van der Waals surface area contributed by atoms with Crippen LogP contribution in [0.25, 0.3) is 6.08 Å². The lowest BCUT2D eigenvalue weighted by atomic mass is 10.2. The van der Waals surface area contributed by atoms with Crippen molar-refractivity contribution in [3.8, 4) is 0 Å². The number of carbonyl (C=O) groups is 2. The summed E-state index contributed by atoms with van der Waals surface area (Å²) in [6, 6.07) is 9.73. The fourth-order valence-electron chi connectivity index (χ4n) is 1.88. The number of rotatable bonds is 5. The fourth-order valence-corrected chi connectivity index (χ4v) is 3.17. The molecule has 0 bridgehead atoms. The molecule has 1 saturated heterocycles. The molecule has 0 radical (unpaired) electrons. The van der Waals surface area contributed by atoms with Crippen LogP contribution in [0.15, 0.2) is 35.2 Å². The quantitative estimate of drug-likeness (QED) is 0.472. The average Bonchev–Trinajstić information content (AvgIpc) is 2.75. The van der Waals surface area contributed by atoms with Crippen LogP contribution in [0, 0.1) is 0 Å². The van der Waals surface area contributed by atoms with Gasteiger partial charge < -0.3 is 4.74 Å². The Kier molecular flexibility index (Phi) is 5.52. The minimum atomic E-state index is -0.278. The summed E-state index contributed by atoms with van der Waals surface area (Å²) < 4.78 is 4.58. The van der Waals surface area contributed by atoms with Gasteiger partial charge in [-0.2, -0.15) is 0 Å². The molecule has 1 fully saturated rings. The lowest BCUT2D eigenvalue weighted by molar-refractivity contribution is -0.140. The van der Waals surface area contributed by atoms with E-state index in [4.69, 9.17) is 12.2 Å². The van der Waals surface area contributed by atoms with Crippen molar-refractivity contribution >= 4 is 46.3 Å². The molecular formula is C15H15NO3S2. The molecule has 0 unspecified atom stereocenters. The van der Waals surface area contributed by atoms with Gasteiger partial charge in [-0.1, -0.05) is 42.5 Å². The summed E-state index contributed by atoms with van der Waals surface area (Å²) in [5, 5.41) is -0.0907. The highest BCUT2D eigenvalue weighted by molar-refractivity contribution is 8.19. The minimum absolute atomic E-state index is 0.0907. The Labute approximate surface area is 133 Å². The number of nitrogens with zero attached hydrogens (tertiary/aromatic N) is 1. The highest BCUT2D eigenvalue weighted by atomic mass is 32.2. The van der Waals surface area contributed by atoms with Crippen molar-refractivity contribution < 1.29 is 14.3 Å². The van der Waals surface area contributed by atoms with Gasteiger partial charge in [-0.25, -0.2) is 0 Å². The van der Waals surface area contributed by atoms with Crippen molar-refractivity contribution in [3.63, 3.8) is 0 Å². The number of esters is 1. The van der Waals surface area contributed by atoms with Crippen LogP contribution in [0.4, 0.5) is 4.79 Å². The summed E-state index contributed by atoms with van der Waals surface area (Å²) in [7, 11) is 1.35. The Balaban J connectivity index is 2.00. The number of amides is 1. The molecule has 21 heavy (non-hydrogen) atoms. The first kappa shape index (κ1) is 15.7. The second-order valence-corrected chi connectivity index (χ2v) is 5.80. The molecule has 2 rings (SSSR count). The number of carbonyl (C=O) groups excluding carboxylic acids is 2. The van der Waals surface area contributed by atoms with Gasteiger partial charge in [-0.05, 0) is 29.8 Å². The second kappa shape index (κ2) is 7.38. The molecule has 1 aliphatic rings. The summed E-state index contributed by atoms with van der Waals surface area (Å²) in [4.78, 5) is 25.9. The maximum Gasteiger partial charge on any atom is 0.305 e. The molecule has 1 aromatic rings. The number of thiocarbonyl (C=S) groups is 1. The van der Waals surface area contributed by atoms with Gasteiger partial charge in [0.1, 0.15) is 4.99 Å². The molecule has 4 nitrogen and oxygen atoms in total. The van der Waals surface area contributed by atoms with Crippen molar-refractivity contribution in [1.82, 2.24) is 4.90 Å². The van der Waals surface area contributed by atoms with Crippen molar-refractivity contribution in [2.24, 2.45) is 0 Å². The van der Waals surface area contributed by atoms with E-state index in [2.05, 4.69) is 4.74 Å². The van der Waals surface area contributed by atoms with Gasteiger partial charge in [0.25, 0.3) is 5.24 Å². The second-order valence-electron chi connectivity index (χ2n) is 4.42. The summed E-state index contributed by atoms with van der Waals surface area (Å²) in [6.07, 6.45) is 2.73. The molecule has 1 amide bonds. The highest BCUT2D eigenvalue weighted by Crippen LogP contribution is 2.33. The van der Waals surface area contributed by atoms with E-state index in [9.17, 15) is 9.59 Å². The van der Waals surface area contributed by atoms with E-state index in [0.29, 0.717) is 18.0 Å². The topological polar surface area (TPSA) is 46.6 Å². The Morgan fingerprint density at radius 1 is 1.38 bits per heavy atom. The van der Waals surface area contributed by atoms with Crippen molar-refractivity contribution in [1.29, 1.82) is 0 Å². The van der Waals surface area contributed by atoms with E-state index < -0.39 is 0 Å². The minimum Gasteiger partial charge on any atom is -0.469 e. The molecule has 1 heterocycles. The largest absolute Gasteiger partial charge is 0.469 e. The SMILES string of the molecule is COC(=O)CCCN1C(=O)S/C(=C/c2ccccc2)C1=S. The Morgan fingerprint density at radius 2 is 2.10 bits per heavy atom. The van der Waals surface area contributed by atoms with Crippen molar-refractivity contribution in [2.75, 3.05) is 13.7 Å². The number of hydrogen-bond acceptors (Lipinski definition) is 5. The monoisotopic (exact) mass is 321 g/mol. The lowest BCUT2D eigenvalue weighted by Gasteiger charge is -2.13. The van der Waals surface area contributed by atoms with Crippen LogP contribution in [0.5, 0.6) is 0 Å². The van der Waals surface area contributed by atoms with Crippen LogP contribution in [-0.4, -0.2) is 34.8 Å². The zero-order chi connectivity index (χ0) is 15.2. The third-order valence-electron chi connectivity index (χ3n) is 2.96. The van der Waals surface area contributed by atoms with E-state index >= 15 is 0 Å². The van der Waals surface area contributed by atoms with Crippen LogP contribution in [0.3, 0.4) is 0 Å². The summed E-state index contributed by atoms with van der Waals surface area (Å²) >= 11 is 6.48. The van der Waals surface area contributed by atoms with Crippen LogP contribution in [0.1, 0.15) is 18.4 Å². The Morgan fingerprint density at radius 3 is 2.76 bits per heavy atom.